The van der Waals surface area contributed by atoms with E-state index in [-0.39, 0.29) is 13.2 Å². The molecular weight excluding hydrogens is 196 g/mol. The van der Waals surface area contributed by atoms with Crippen LogP contribution in [0.3, 0.4) is 0 Å². The summed E-state index contributed by atoms with van der Waals surface area (Å²) in [6, 6.07) is 3.56. The Bertz CT molecular complexity index is 290. The molecule has 15 heavy (non-hydrogen) atoms. The minimum atomic E-state index is -0.472. The smallest absolute Gasteiger partial charge is 0.407 e. The Balaban J connectivity index is 2.17. The van der Waals surface area contributed by atoms with E-state index in [2.05, 4.69) is 10.3 Å². The van der Waals surface area contributed by atoms with E-state index >= 15 is 0 Å². The molecule has 0 bridgehead atoms. The minimum Gasteiger partial charge on any atom is -0.445 e. The summed E-state index contributed by atoms with van der Waals surface area (Å²) < 4.78 is 4.92. The van der Waals surface area contributed by atoms with Crippen molar-refractivity contribution in [3.05, 3.63) is 30.1 Å². The molecule has 0 atom stereocenters. The van der Waals surface area contributed by atoms with Crippen molar-refractivity contribution in [2.45, 2.75) is 13.0 Å². The van der Waals surface area contributed by atoms with Crippen LogP contribution in [0.25, 0.3) is 0 Å². The Kier molecular flexibility index (Phi) is 5.18. The van der Waals surface area contributed by atoms with Gasteiger partial charge < -0.3 is 15.2 Å². The highest BCUT2D eigenvalue weighted by molar-refractivity contribution is 5.67. The number of nitrogens with zero attached hydrogens (tertiary/aromatic N) is 1. The molecule has 0 aliphatic carbocycles. The van der Waals surface area contributed by atoms with E-state index in [1.807, 2.05) is 0 Å². The summed E-state index contributed by atoms with van der Waals surface area (Å²) in [5.41, 5.74) is 0.891. The molecule has 0 fully saturated rings. The second-order valence-electron chi connectivity index (χ2n) is 2.94. The predicted molar refractivity (Wildman–Crippen MR) is 54.1 cm³/mol. The average molecular weight is 210 g/mol. The number of carbonyl (C=O) groups is 1. The number of carbonyl (C=O) groups excluding carboxylic acids is 1. The van der Waals surface area contributed by atoms with Crippen molar-refractivity contribution >= 4 is 6.09 Å². The van der Waals surface area contributed by atoms with Crippen LogP contribution in [-0.2, 0) is 11.3 Å². The van der Waals surface area contributed by atoms with Gasteiger partial charge in [0.15, 0.2) is 0 Å². The second-order valence-corrected chi connectivity index (χ2v) is 2.94. The van der Waals surface area contributed by atoms with E-state index in [0.29, 0.717) is 13.0 Å². The van der Waals surface area contributed by atoms with Crippen molar-refractivity contribution in [3.8, 4) is 0 Å². The van der Waals surface area contributed by atoms with Gasteiger partial charge in [-0.15, -0.1) is 0 Å². The molecule has 0 aliphatic heterocycles. The van der Waals surface area contributed by atoms with Gasteiger partial charge in [0, 0.05) is 25.5 Å². The van der Waals surface area contributed by atoms with Gasteiger partial charge in [0.2, 0.25) is 0 Å². The summed E-state index contributed by atoms with van der Waals surface area (Å²) >= 11 is 0. The highest BCUT2D eigenvalue weighted by atomic mass is 16.5. The van der Waals surface area contributed by atoms with Crippen molar-refractivity contribution < 1.29 is 14.6 Å². The highest BCUT2D eigenvalue weighted by Gasteiger charge is 2.00. The number of pyridine rings is 1. The van der Waals surface area contributed by atoms with E-state index in [9.17, 15) is 4.79 Å². The van der Waals surface area contributed by atoms with Gasteiger partial charge in [-0.25, -0.2) is 4.79 Å². The fourth-order valence-electron chi connectivity index (χ4n) is 0.948. The van der Waals surface area contributed by atoms with E-state index in [0.717, 1.165) is 5.56 Å². The van der Waals surface area contributed by atoms with Crippen molar-refractivity contribution in [3.63, 3.8) is 0 Å². The average Bonchev–Trinajstić information content (AvgIpc) is 2.28. The molecule has 0 aromatic carbocycles. The zero-order chi connectivity index (χ0) is 10.9. The van der Waals surface area contributed by atoms with Gasteiger partial charge >= 0.3 is 6.09 Å². The SMILES string of the molecule is O=C(NCCCO)OCc1ccncc1. The summed E-state index contributed by atoms with van der Waals surface area (Å²) in [6.07, 6.45) is 3.34. The van der Waals surface area contributed by atoms with Crippen LogP contribution < -0.4 is 5.32 Å². The number of aliphatic hydroxyl groups is 1. The summed E-state index contributed by atoms with van der Waals surface area (Å²) in [4.78, 5) is 14.9. The predicted octanol–water partition coefficient (Wildman–Crippen LogP) is 0.690. The van der Waals surface area contributed by atoms with Crippen LogP contribution in [-0.4, -0.2) is 29.3 Å². The number of rotatable bonds is 5. The zero-order valence-electron chi connectivity index (χ0n) is 8.35. The van der Waals surface area contributed by atoms with Crippen LogP contribution in [0, 0.1) is 0 Å². The van der Waals surface area contributed by atoms with Crippen molar-refractivity contribution in [2.75, 3.05) is 13.2 Å². The van der Waals surface area contributed by atoms with Gasteiger partial charge in [-0.1, -0.05) is 0 Å². The lowest BCUT2D eigenvalue weighted by atomic mass is 10.3. The lowest BCUT2D eigenvalue weighted by Gasteiger charge is -2.05. The molecule has 1 rings (SSSR count). The Hall–Kier alpha value is -1.62. The van der Waals surface area contributed by atoms with E-state index in [1.165, 1.54) is 0 Å². The van der Waals surface area contributed by atoms with Crippen molar-refractivity contribution in [1.82, 2.24) is 10.3 Å². The molecule has 0 spiro atoms. The first-order chi connectivity index (χ1) is 7.33. The molecule has 0 radical (unpaired) electrons. The fraction of sp³-hybridized carbons (Fsp3) is 0.400. The number of aromatic nitrogens is 1. The Morgan fingerprint density at radius 3 is 2.87 bits per heavy atom. The largest absolute Gasteiger partial charge is 0.445 e. The molecule has 82 valence electrons. The molecule has 0 saturated carbocycles. The molecule has 1 heterocycles. The quantitative estimate of drug-likeness (QED) is 0.701. The van der Waals surface area contributed by atoms with Gasteiger partial charge in [0.1, 0.15) is 6.61 Å². The topological polar surface area (TPSA) is 71.5 Å². The number of aliphatic hydroxyl groups excluding tert-OH is 1. The Morgan fingerprint density at radius 1 is 1.47 bits per heavy atom. The van der Waals surface area contributed by atoms with E-state index in [1.54, 1.807) is 24.5 Å². The van der Waals surface area contributed by atoms with Crippen LogP contribution in [0.4, 0.5) is 4.79 Å². The number of alkyl carbamates (subject to hydrolysis) is 1. The standard InChI is InChI=1S/C10H14N2O3/c13-7-1-4-12-10(14)15-8-9-2-5-11-6-3-9/h2-3,5-6,13H,1,4,7-8H2,(H,12,14). The fourth-order valence-corrected chi connectivity index (χ4v) is 0.948. The van der Waals surface area contributed by atoms with Gasteiger partial charge in [0.05, 0.1) is 0 Å². The van der Waals surface area contributed by atoms with Crippen LogP contribution in [0.1, 0.15) is 12.0 Å². The number of ether oxygens (including phenoxy) is 1. The van der Waals surface area contributed by atoms with Crippen LogP contribution in [0.5, 0.6) is 0 Å². The summed E-state index contributed by atoms with van der Waals surface area (Å²) in [5, 5.41) is 11.0. The second kappa shape index (κ2) is 6.78. The summed E-state index contributed by atoms with van der Waals surface area (Å²) in [7, 11) is 0. The molecule has 1 aromatic heterocycles. The maximum Gasteiger partial charge on any atom is 0.407 e. The summed E-state index contributed by atoms with van der Waals surface area (Å²) in [5.74, 6) is 0. The first-order valence-corrected chi connectivity index (χ1v) is 4.73. The third-order valence-electron chi connectivity index (χ3n) is 1.72. The molecule has 0 unspecified atom stereocenters. The first-order valence-electron chi connectivity index (χ1n) is 4.73. The van der Waals surface area contributed by atoms with Gasteiger partial charge in [-0.05, 0) is 24.1 Å². The maximum atomic E-state index is 11.1. The molecule has 0 aliphatic rings. The van der Waals surface area contributed by atoms with E-state index in [4.69, 9.17) is 9.84 Å². The van der Waals surface area contributed by atoms with Gasteiger partial charge in [0.25, 0.3) is 0 Å². The molecule has 1 amide bonds. The molecule has 0 saturated heterocycles. The molecule has 5 heteroatoms. The molecular formula is C10H14N2O3. The zero-order valence-corrected chi connectivity index (χ0v) is 8.35. The maximum absolute atomic E-state index is 11.1. The van der Waals surface area contributed by atoms with Crippen molar-refractivity contribution in [2.24, 2.45) is 0 Å². The number of hydrogen-bond acceptors (Lipinski definition) is 4. The normalized spacial score (nSPS) is 9.67. The van der Waals surface area contributed by atoms with Crippen LogP contribution in [0.2, 0.25) is 0 Å². The molecule has 2 N–H and O–H groups in total. The monoisotopic (exact) mass is 210 g/mol. The summed E-state index contributed by atoms with van der Waals surface area (Å²) in [6.45, 7) is 0.712. The molecule has 5 nitrogen and oxygen atoms in total. The van der Waals surface area contributed by atoms with Crippen molar-refractivity contribution in [1.29, 1.82) is 0 Å². The number of hydrogen-bond donors (Lipinski definition) is 2. The Morgan fingerprint density at radius 2 is 2.20 bits per heavy atom. The third-order valence-corrected chi connectivity index (χ3v) is 1.72. The highest BCUT2D eigenvalue weighted by Crippen LogP contribution is 1.98. The minimum absolute atomic E-state index is 0.0602. The van der Waals surface area contributed by atoms with E-state index < -0.39 is 6.09 Å². The number of amides is 1. The lowest BCUT2D eigenvalue weighted by molar-refractivity contribution is 0.139. The third kappa shape index (κ3) is 4.97. The Labute approximate surface area is 88.1 Å². The van der Waals surface area contributed by atoms with Crippen LogP contribution in [0.15, 0.2) is 24.5 Å². The van der Waals surface area contributed by atoms with Gasteiger partial charge in [-0.2, -0.15) is 0 Å². The van der Waals surface area contributed by atoms with Gasteiger partial charge in [-0.3, -0.25) is 4.98 Å². The number of nitrogens with one attached hydrogen (secondary N) is 1. The van der Waals surface area contributed by atoms with Crippen LogP contribution >= 0.6 is 0 Å². The first kappa shape index (κ1) is 11.5. The molecule has 1 aromatic rings. The lowest BCUT2D eigenvalue weighted by Crippen LogP contribution is -2.25.